The van der Waals surface area contributed by atoms with Gasteiger partial charge in [0.2, 0.25) is 0 Å². The van der Waals surface area contributed by atoms with Crippen LogP contribution in [0.4, 0.5) is 0 Å². The quantitative estimate of drug-likeness (QED) is 0.685. The second-order valence-corrected chi connectivity index (χ2v) is 2.81. The second-order valence-electron chi connectivity index (χ2n) is 2.81. The van der Waals surface area contributed by atoms with Crippen LogP contribution in [0.5, 0.6) is 0 Å². The molecular formula is C12H14O2. The Kier molecular flexibility index (Phi) is 3.92. The van der Waals surface area contributed by atoms with Gasteiger partial charge < -0.3 is 4.74 Å². The molecule has 0 aliphatic heterocycles. The first-order valence-corrected chi connectivity index (χ1v) is 4.68. The molecule has 0 saturated heterocycles. The van der Waals surface area contributed by atoms with Crippen LogP contribution in [0.2, 0.25) is 0 Å². The molecule has 0 unspecified atom stereocenters. The van der Waals surface area contributed by atoms with Gasteiger partial charge in [-0.3, -0.25) is 0 Å². The van der Waals surface area contributed by atoms with Crippen molar-refractivity contribution in [2.75, 3.05) is 6.61 Å². The molecule has 1 rings (SSSR count). The third-order valence-electron chi connectivity index (χ3n) is 1.80. The fourth-order valence-corrected chi connectivity index (χ4v) is 1.22. The number of hydrogen-bond acceptors (Lipinski definition) is 2. The molecule has 0 spiro atoms. The largest absolute Gasteiger partial charge is 0.462 e. The standard InChI is InChI=1S/C12H14O2/c1-3-7-10-8-5-6-9-11(10)12(13)14-4-2/h3,5-9H,4H2,1-2H3. The van der Waals surface area contributed by atoms with Gasteiger partial charge in [-0.2, -0.15) is 0 Å². The van der Waals surface area contributed by atoms with Crippen LogP contribution < -0.4 is 0 Å². The van der Waals surface area contributed by atoms with E-state index in [2.05, 4.69) is 0 Å². The maximum Gasteiger partial charge on any atom is 0.338 e. The molecule has 0 amide bonds. The summed E-state index contributed by atoms with van der Waals surface area (Å²) in [5.41, 5.74) is 1.51. The lowest BCUT2D eigenvalue weighted by atomic mass is 10.1. The topological polar surface area (TPSA) is 26.3 Å². The van der Waals surface area contributed by atoms with E-state index < -0.39 is 0 Å². The minimum atomic E-state index is -0.263. The predicted molar refractivity (Wildman–Crippen MR) is 57.1 cm³/mol. The summed E-state index contributed by atoms with van der Waals surface area (Å²) in [7, 11) is 0. The fraction of sp³-hybridized carbons (Fsp3) is 0.250. The van der Waals surface area contributed by atoms with Gasteiger partial charge in [0.1, 0.15) is 0 Å². The minimum absolute atomic E-state index is 0.263. The van der Waals surface area contributed by atoms with Crippen molar-refractivity contribution in [3.05, 3.63) is 41.5 Å². The lowest BCUT2D eigenvalue weighted by Gasteiger charge is -2.04. The molecule has 0 radical (unpaired) electrons. The van der Waals surface area contributed by atoms with Crippen LogP contribution in [0.25, 0.3) is 6.08 Å². The van der Waals surface area contributed by atoms with E-state index in [9.17, 15) is 4.79 Å². The molecule has 0 aliphatic rings. The number of hydrogen-bond donors (Lipinski definition) is 0. The Morgan fingerprint density at radius 1 is 1.43 bits per heavy atom. The van der Waals surface area contributed by atoms with E-state index in [1.54, 1.807) is 13.0 Å². The van der Waals surface area contributed by atoms with Crippen molar-refractivity contribution < 1.29 is 9.53 Å². The highest BCUT2D eigenvalue weighted by molar-refractivity contribution is 5.93. The molecule has 2 heteroatoms. The lowest BCUT2D eigenvalue weighted by molar-refractivity contribution is 0.0526. The Morgan fingerprint density at radius 2 is 2.14 bits per heavy atom. The van der Waals surface area contributed by atoms with Gasteiger partial charge in [0.05, 0.1) is 12.2 Å². The number of rotatable bonds is 3. The van der Waals surface area contributed by atoms with Crippen LogP contribution in [0.15, 0.2) is 30.3 Å². The minimum Gasteiger partial charge on any atom is -0.462 e. The van der Waals surface area contributed by atoms with E-state index in [1.165, 1.54) is 0 Å². The maximum absolute atomic E-state index is 11.5. The summed E-state index contributed by atoms with van der Waals surface area (Å²) in [5.74, 6) is -0.263. The van der Waals surface area contributed by atoms with Gasteiger partial charge in [-0.15, -0.1) is 0 Å². The molecule has 0 heterocycles. The van der Waals surface area contributed by atoms with Crippen LogP contribution in [-0.2, 0) is 4.74 Å². The normalized spacial score (nSPS) is 10.4. The number of carbonyl (C=O) groups excluding carboxylic acids is 1. The molecule has 0 aromatic heterocycles. The Bertz CT molecular complexity index is 340. The molecule has 0 N–H and O–H groups in total. The summed E-state index contributed by atoms with van der Waals surface area (Å²) in [6.07, 6.45) is 3.80. The summed E-state index contributed by atoms with van der Waals surface area (Å²) in [5, 5.41) is 0. The van der Waals surface area contributed by atoms with Crippen molar-refractivity contribution in [2.45, 2.75) is 13.8 Å². The molecule has 0 aliphatic carbocycles. The highest BCUT2D eigenvalue weighted by Gasteiger charge is 2.08. The summed E-state index contributed by atoms with van der Waals surface area (Å²) in [4.78, 5) is 11.5. The first kappa shape index (κ1) is 10.5. The smallest absolute Gasteiger partial charge is 0.338 e. The van der Waals surface area contributed by atoms with E-state index >= 15 is 0 Å². The maximum atomic E-state index is 11.5. The third kappa shape index (κ3) is 2.46. The monoisotopic (exact) mass is 190 g/mol. The zero-order valence-corrected chi connectivity index (χ0v) is 8.49. The summed E-state index contributed by atoms with van der Waals surface area (Å²) < 4.78 is 4.94. The average molecular weight is 190 g/mol. The van der Waals surface area contributed by atoms with E-state index in [4.69, 9.17) is 4.74 Å². The molecule has 0 atom stereocenters. The van der Waals surface area contributed by atoms with Gasteiger partial charge >= 0.3 is 5.97 Å². The van der Waals surface area contributed by atoms with Crippen molar-refractivity contribution in [1.82, 2.24) is 0 Å². The van der Waals surface area contributed by atoms with Crippen molar-refractivity contribution in [2.24, 2.45) is 0 Å². The van der Waals surface area contributed by atoms with Crippen LogP contribution >= 0.6 is 0 Å². The van der Waals surface area contributed by atoms with Gasteiger partial charge in [0, 0.05) is 0 Å². The number of esters is 1. The Morgan fingerprint density at radius 3 is 2.79 bits per heavy atom. The van der Waals surface area contributed by atoms with Crippen molar-refractivity contribution >= 4 is 12.0 Å². The number of ether oxygens (including phenoxy) is 1. The zero-order chi connectivity index (χ0) is 10.4. The second kappa shape index (κ2) is 5.22. The molecule has 74 valence electrons. The highest BCUT2D eigenvalue weighted by atomic mass is 16.5. The van der Waals surface area contributed by atoms with E-state index in [0.29, 0.717) is 12.2 Å². The number of benzene rings is 1. The molecule has 0 fully saturated rings. The fourth-order valence-electron chi connectivity index (χ4n) is 1.22. The molecule has 0 saturated carbocycles. The van der Waals surface area contributed by atoms with Gasteiger partial charge in [-0.05, 0) is 25.5 Å². The Labute approximate surface area is 84.2 Å². The van der Waals surface area contributed by atoms with Gasteiger partial charge in [-0.1, -0.05) is 30.4 Å². The van der Waals surface area contributed by atoms with E-state index in [0.717, 1.165) is 5.56 Å². The summed E-state index contributed by atoms with van der Waals surface area (Å²) >= 11 is 0. The van der Waals surface area contributed by atoms with Gasteiger partial charge in [0.25, 0.3) is 0 Å². The van der Waals surface area contributed by atoms with Crippen LogP contribution in [0, 0.1) is 0 Å². The first-order chi connectivity index (χ1) is 6.79. The van der Waals surface area contributed by atoms with Crippen LogP contribution in [0.3, 0.4) is 0 Å². The van der Waals surface area contributed by atoms with Gasteiger partial charge in [0.15, 0.2) is 0 Å². The molecule has 1 aromatic carbocycles. The molecule has 1 aromatic rings. The van der Waals surface area contributed by atoms with Crippen molar-refractivity contribution in [1.29, 1.82) is 0 Å². The SMILES string of the molecule is CC=Cc1ccccc1C(=O)OCC. The Balaban J connectivity index is 3.00. The number of allylic oxidation sites excluding steroid dienone is 1. The third-order valence-corrected chi connectivity index (χ3v) is 1.80. The highest BCUT2D eigenvalue weighted by Crippen LogP contribution is 2.11. The average Bonchev–Trinajstić information content (AvgIpc) is 2.19. The number of carbonyl (C=O) groups is 1. The van der Waals surface area contributed by atoms with Crippen LogP contribution in [-0.4, -0.2) is 12.6 Å². The first-order valence-electron chi connectivity index (χ1n) is 4.68. The molecule has 2 nitrogen and oxygen atoms in total. The lowest BCUT2D eigenvalue weighted by Crippen LogP contribution is -2.06. The molecule has 0 bridgehead atoms. The molecule has 14 heavy (non-hydrogen) atoms. The zero-order valence-electron chi connectivity index (χ0n) is 8.49. The van der Waals surface area contributed by atoms with Crippen LogP contribution in [0.1, 0.15) is 29.8 Å². The summed E-state index contributed by atoms with van der Waals surface area (Å²) in [6, 6.07) is 7.40. The van der Waals surface area contributed by atoms with E-state index in [1.807, 2.05) is 37.3 Å². The summed E-state index contributed by atoms with van der Waals surface area (Å²) in [6.45, 7) is 4.13. The Hall–Kier alpha value is -1.57. The van der Waals surface area contributed by atoms with Gasteiger partial charge in [-0.25, -0.2) is 4.79 Å². The van der Waals surface area contributed by atoms with Crippen molar-refractivity contribution in [3.63, 3.8) is 0 Å². The van der Waals surface area contributed by atoms with E-state index in [-0.39, 0.29) is 5.97 Å². The predicted octanol–water partition coefficient (Wildman–Crippen LogP) is 2.90. The van der Waals surface area contributed by atoms with Crippen molar-refractivity contribution in [3.8, 4) is 0 Å². The molecular weight excluding hydrogens is 176 g/mol.